The fraction of sp³-hybridized carbons (Fsp3) is 0.435. The smallest absolute Gasteiger partial charge is 0.276 e. The van der Waals surface area contributed by atoms with E-state index in [0.29, 0.717) is 39.1 Å². The molecule has 0 aliphatic carbocycles. The summed E-state index contributed by atoms with van der Waals surface area (Å²) < 4.78 is 7.08. The number of hydrogen-bond donors (Lipinski definition) is 1. The van der Waals surface area contributed by atoms with Crippen molar-refractivity contribution in [2.45, 2.75) is 26.7 Å². The first-order chi connectivity index (χ1) is 14.8. The van der Waals surface area contributed by atoms with E-state index in [2.05, 4.69) is 24.0 Å². The Bertz CT molecular complexity index is 1190. The molecule has 3 aromatic rings. The number of amides is 1. The maximum absolute atomic E-state index is 13.3. The average molecular weight is 443 g/mol. The van der Waals surface area contributed by atoms with Crippen molar-refractivity contribution in [1.82, 2.24) is 19.7 Å². The maximum Gasteiger partial charge on any atom is 0.276 e. The van der Waals surface area contributed by atoms with E-state index < -0.39 is 0 Å². The van der Waals surface area contributed by atoms with Gasteiger partial charge in [0.25, 0.3) is 11.5 Å². The molecule has 8 heteroatoms. The van der Waals surface area contributed by atoms with Crippen LogP contribution in [0.1, 0.15) is 37.0 Å². The Morgan fingerprint density at radius 3 is 2.65 bits per heavy atom. The van der Waals surface area contributed by atoms with Gasteiger partial charge in [0.2, 0.25) is 0 Å². The van der Waals surface area contributed by atoms with Crippen LogP contribution in [-0.2, 0) is 7.05 Å². The summed E-state index contributed by atoms with van der Waals surface area (Å²) in [4.78, 5) is 27.5. The van der Waals surface area contributed by atoms with Crippen molar-refractivity contribution < 1.29 is 9.53 Å². The number of pyridine rings is 1. The molecule has 1 amide bonds. The first-order valence-corrected chi connectivity index (χ1v) is 10.9. The van der Waals surface area contributed by atoms with Crippen LogP contribution in [0.3, 0.4) is 0 Å². The van der Waals surface area contributed by atoms with Gasteiger partial charge in [-0.15, -0.1) is 0 Å². The number of aromatic amines is 1. The van der Waals surface area contributed by atoms with Gasteiger partial charge < -0.3 is 14.2 Å². The van der Waals surface area contributed by atoms with Crippen molar-refractivity contribution in [2.75, 3.05) is 20.2 Å². The number of benzene rings is 1. The maximum atomic E-state index is 13.3. The summed E-state index contributed by atoms with van der Waals surface area (Å²) in [6, 6.07) is 3.55. The van der Waals surface area contributed by atoms with Gasteiger partial charge in [-0.05, 0) is 42.4 Å². The second-order valence-corrected chi connectivity index (χ2v) is 8.93. The number of methoxy groups -OCH3 is 1. The monoisotopic (exact) mass is 442 g/mol. The average Bonchev–Trinajstić information content (AvgIpc) is 3.25. The van der Waals surface area contributed by atoms with Gasteiger partial charge in [0.1, 0.15) is 16.8 Å². The molecule has 0 radical (unpaired) electrons. The zero-order chi connectivity index (χ0) is 22.3. The number of aryl methyl sites for hydroxylation is 1. The highest BCUT2D eigenvalue weighted by Gasteiger charge is 2.29. The second-order valence-electron chi connectivity index (χ2n) is 8.53. The Morgan fingerprint density at radius 2 is 2.00 bits per heavy atom. The van der Waals surface area contributed by atoms with Crippen LogP contribution in [0.15, 0.2) is 29.3 Å². The predicted octanol–water partition coefficient (Wildman–Crippen LogP) is 4.10. The highest BCUT2D eigenvalue weighted by atomic mass is 35.5. The number of nitrogens with zero attached hydrogens (tertiary/aromatic N) is 3. The molecule has 164 valence electrons. The predicted molar refractivity (Wildman–Crippen MR) is 122 cm³/mol. The van der Waals surface area contributed by atoms with Crippen LogP contribution in [0, 0.1) is 11.8 Å². The minimum atomic E-state index is -0.161. The van der Waals surface area contributed by atoms with Crippen LogP contribution < -0.4 is 10.3 Å². The molecule has 31 heavy (non-hydrogen) atoms. The molecule has 1 aromatic carbocycles. The van der Waals surface area contributed by atoms with Crippen LogP contribution in [0.2, 0.25) is 5.02 Å². The van der Waals surface area contributed by atoms with Gasteiger partial charge in [-0.3, -0.25) is 14.7 Å². The van der Waals surface area contributed by atoms with E-state index in [1.54, 1.807) is 31.6 Å². The van der Waals surface area contributed by atoms with Gasteiger partial charge in [-0.25, -0.2) is 0 Å². The number of nitrogens with one attached hydrogen (secondary N) is 1. The number of piperidine rings is 1. The van der Waals surface area contributed by atoms with Crippen molar-refractivity contribution in [3.05, 3.63) is 45.5 Å². The second kappa shape index (κ2) is 8.38. The lowest BCUT2D eigenvalue weighted by Crippen LogP contribution is -2.39. The van der Waals surface area contributed by atoms with E-state index in [4.69, 9.17) is 16.3 Å². The van der Waals surface area contributed by atoms with Crippen molar-refractivity contribution in [3.63, 3.8) is 0 Å². The molecule has 3 heterocycles. The quantitative estimate of drug-likeness (QED) is 0.659. The fourth-order valence-corrected chi connectivity index (χ4v) is 4.71. The van der Waals surface area contributed by atoms with Crippen LogP contribution >= 0.6 is 11.6 Å². The summed E-state index contributed by atoms with van der Waals surface area (Å²) in [6.45, 7) is 5.91. The van der Waals surface area contributed by atoms with E-state index in [0.717, 1.165) is 37.1 Å². The lowest BCUT2D eigenvalue weighted by Gasteiger charge is -2.34. The first-order valence-electron chi connectivity index (χ1n) is 10.5. The molecule has 1 aliphatic rings. The van der Waals surface area contributed by atoms with Crippen LogP contribution in [0.4, 0.5) is 0 Å². The number of aromatic nitrogens is 3. The van der Waals surface area contributed by atoms with Crippen LogP contribution in [0.5, 0.6) is 5.75 Å². The molecule has 1 fully saturated rings. The van der Waals surface area contributed by atoms with Crippen molar-refractivity contribution in [1.29, 1.82) is 0 Å². The van der Waals surface area contributed by atoms with E-state index in [9.17, 15) is 9.59 Å². The summed E-state index contributed by atoms with van der Waals surface area (Å²) in [7, 11) is 3.22. The fourth-order valence-electron chi connectivity index (χ4n) is 4.41. The van der Waals surface area contributed by atoms with Crippen molar-refractivity contribution in [3.8, 4) is 16.9 Å². The van der Waals surface area contributed by atoms with Crippen LogP contribution in [0.25, 0.3) is 22.0 Å². The number of ether oxygens (including phenoxy) is 1. The molecular formula is C23H27ClN4O3. The molecule has 4 rings (SSSR count). The van der Waals surface area contributed by atoms with Gasteiger partial charge in [-0.2, -0.15) is 5.10 Å². The lowest BCUT2D eigenvalue weighted by molar-refractivity contribution is 0.0664. The highest BCUT2D eigenvalue weighted by Crippen LogP contribution is 2.37. The largest absolute Gasteiger partial charge is 0.496 e. The number of carbonyl (C=O) groups excluding carboxylic acids is 1. The topological polar surface area (TPSA) is 80.2 Å². The molecule has 0 saturated carbocycles. The number of hydrogen-bond acceptors (Lipinski definition) is 4. The normalized spacial score (nSPS) is 15.1. The Balaban J connectivity index is 1.72. The van der Waals surface area contributed by atoms with Crippen LogP contribution in [-0.4, -0.2) is 45.8 Å². The minimum Gasteiger partial charge on any atom is -0.496 e. The number of fused-ring (bicyclic) bond motifs is 1. The molecule has 0 spiro atoms. The summed E-state index contributed by atoms with van der Waals surface area (Å²) in [5, 5.41) is 7.79. The number of halogens is 1. The van der Waals surface area contributed by atoms with Crippen molar-refractivity contribution >= 4 is 28.4 Å². The van der Waals surface area contributed by atoms with Gasteiger partial charge in [0.15, 0.2) is 0 Å². The Hall–Kier alpha value is -2.80. The number of rotatable bonds is 4. The summed E-state index contributed by atoms with van der Waals surface area (Å²) in [6.07, 6.45) is 5.35. The molecule has 1 N–H and O–H groups in total. The van der Waals surface area contributed by atoms with Gasteiger partial charge in [0.05, 0.1) is 18.3 Å². The molecule has 1 aliphatic heterocycles. The van der Waals surface area contributed by atoms with E-state index in [1.165, 1.54) is 11.7 Å². The van der Waals surface area contributed by atoms with Crippen molar-refractivity contribution in [2.24, 2.45) is 18.9 Å². The Kier molecular flexibility index (Phi) is 5.79. The standard InChI is InChI=1S/C23H27ClN4O3/c1-13(2)14-5-7-28(8-6-14)22(29)20-18(24)9-15(10-19(20)31-4)17-12-27(3)23(30)21-16(17)11-25-26-21/h9-14H,5-8H2,1-4H3,(H,25,26). The molecule has 0 atom stereocenters. The summed E-state index contributed by atoms with van der Waals surface area (Å²) >= 11 is 6.63. The zero-order valence-electron chi connectivity index (χ0n) is 18.2. The zero-order valence-corrected chi connectivity index (χ0v) is 19.0. The Morgan fingerprint density at radius 1 is 1.29 bits per heavy atom. The lowest BCUT2D eigenvalue weighted by atomic mass is 9.86. The molecule has 0 unspecified atom stereocenters. The van der Waals surface area contributed by atoms with Gasteiger partial charge in [-0.1, -0.05) is 25.4 Å². The number of likely N-dealkylation sites (tertiary alicyclic amines) is 1. The van der Waals surface area contributed by atoms with Gasteiger partial charge in [0, 0.05) is 37.3 Å². The third kappa shape index (κ3) is 3.82. The van der Waals surface area contributed by atoms with E-state index in [1.807, 2.05) is 4.90 Å². The summed E-state index contributed by atoms with van der Waals surface area (Å²) in [5.74, 6) is 1.58. The Labute approximate surface area is 186 Å². The molecule has 1 saturated heterocycles. The number of H-pyrrole nitrogens is 1. The SMILES string of the molecule is COc1cc(-c2cn(C)c(=O)c3[nH]ncc23)cc(Cl)c1C(=O)N1CCC(C(C)C)CC1. The van der Waals surface area contributed by atoms with E-state index >= 15 is 0 Å². The first kappa shape index (κ1) is 21.4. The minimum absolute atomic E-state index is 0.107. The summed E-state index contributed by atoms with van der Waals surface area (Å²) in [5.41, 5.74) is 2.17. The number of carbonyl (C=O) groups is 1. The molecule has 0 bridgehead atoms. The molecular weight excluding hydrogens is 416 g/mol. The highest BCUT2D eigenvalue weighted by molar-refractivity contribution is 6.34. The molecule has 7 nitrogen and oxygen atoms in total. The molecule has 2 aromatic heterocycles. The van der Waals surface area contributed by atoms with E-state index in [-0.39, 0.29) is 11.5 Å². The van der Waals surface area contributed by atoms with Gasteiger partial charge >= 0.3 is 0 Å². The third-order valence-electron chi connectivity index (χ3n) is 6.35. The third-order valence-corrected chi connectivity index (χ3v) is 6.65.